The third-order valence-electron chi connectivity index (χ3n) is 5.17. The Morgan fingerprint density at radius 2 is 1.77 bits per heavy atom. The number of benzene rings is 1. The van der Waals surface area contributed by atoms with Gasteiger partial charge in [0, 0.05) is 18.8 Å². The number of nitrogens with zero attached hydrogens (tertiary/aromatic N) is 1. The molecule has 2 aliphatic rings. The molecule has 1 saturated carbocycles. The van der Waals surface area contributed by atoms with Gasteiger partial charge in [-0.05, 0) is 43.4 Å². The second-order valence-corrected chi connectivity index (χ2v) is 6.41. The van der Waals surface area contributed by atoms with Crippen molar-refractivity contribution in [2.45, 2.75) is 37.5 Å². The summed E-state index contributed by atoms with van der Waals surface area (Å²) in [5.74, 6) is -1.79. The summed E-state index contributed by atoms with van der Waals surface area (Å²) in [7, 11) is 0. The first-order chi connectivity index (χ1) is 10.5. The third-order valence-corrected chi connectivity index (χ3v) is 5.17. The molecule has 1 heterocycles. The van der Waals surface area contributed by atoms with Gasteiger partial charge in [0.15, 0.2) is 0 Å². The second-order valence-electron chi connectivity index (χ2n) is 6.41. The number of aliphatic carboxylic acids is 2. The maximum Gasteiger partial charge on any atom is 0.314 e. The molecule has 1 saturated heterocycles. The molecule has 0 aromatic heterocycles. The monoisotopic (exact) mass is 303 g/mol. The summed E-state index contributed by atoms with van der Waals surface area (Å²) in [6, 6.07) is 7.66. The lowest BCUT2D eigenvalue weighted by Crippen LogP contribution is -2.42. The zero-order valence-corrected chi connectivity index (χ0v) is 12.5. The Balaban J connectivity index is 1.77. The van der Waals surface area contributed by atoms with Gasteiger partial charge in [0.1, 0.15) is 0 Å². The number of piperidine rings is 1. The van der Waals surface area contributed by atoms with E-state index in [1.54, 1.807) is 0 Å². The van der Waals surface area contributed by atoms with Crippen molar-refractivity contribution in [2.75, 3.05) is 18.0 Å². The largest absolute Gasteiger partial charge is 0.481 e. The molecule has 1 aliphatic carbocycles. The van der Waals surface area contributed by atoms with E-state index in [0.29, 0.717) is 19.4 Å². The fourth-order valence-electron chi connectivity index (χ4n) is 3.56. The molecule has 2 N–H and O–H groups in total. The molecule has 1 unspecified atom stereocenters. The number of carboxylic acid groups (broad SMARTS) is 2. The van der Waals surface area contributed by atoms with E-state index in [2.05, 4.69) is 4.90 Å². The molecule has 0 amide bonds. The van der Waals surface area contributed by atoms with Gasteiger partial charge in [-0.15, -0.1) is 0 Å². The van der Waals surface area contributed by atoms with Crippen molar-refractivity contribution < 1.29 is 19.8 Å². The Hall–Kier alpha value is -2.04. The normalized spacial score (nSPS) is 23.6. The second kappa shape index (κ2) is 5.63. The number of anilines is 1. The Bertz CT molecular complexity index is 577. The maximum atomic E-state index is 11.5. The van der Waals surface area contributed by atoms with Crippen molar-refractivity contribution in [3.05, 3.63) is 29.8 Å². The Labute approximate surface area is 129 Å². The Morgan fingerprint density at radius 3 is 2.27 bits per heavy atom. The number of hydrogen-bond acceptors (Lipinski definition) is 3. The van der Waals surface area contributed by atoms with E-state index in [1.165, 1.54) is 0 Å². The summed E-state index contributed by atoms with van der Waals surface area (Å²) in [4.78, 5) is 24.8. The van der Waals surface area contributed by atoms with Gasteiger partial charge >= 0.3 is 11.9 Å². The maximum absolute atomic E-state index is 11.5. The average Bonchev–Trinajstić information content (AvgIpc) is 2.46. The first-order valence-corrected chi connectivity index (χ1v) is 7.85. The van der Waals surface area contributed by atoms with Gasteiger partial charge in [-0.2, -0.15) is 0 Å². The van der Waals surface area contributed by atoms with Gasteiger partial charge in [0.2, 0.25) is 0 Å². The van der Waals surface area contributed by atoms with Crippen LogP contribution < -0.4 is 4.90 Å². The summed E-state index contributed by atoms with van der Waals surface area (Å²) in [5, 5.41) is 18.6. The van der Waals surface area contributed by atoms with Crippen LogP contribution >= 0.6 is 0 Å². The molecule has 2 fully saturated rings. The smallest absolute Gasteiger partial charge is 0.314 e. The Morgan fingerprint density at radius 1 is 1.09 bits per heavy atom. The van der Waals surface area contributed by atoms with Gasteiger partial charge in [-0.25, -0.2) is 0 Å². The number of hydrogen-bond donors (Lipinski definition) is 2. The van der Waals surface area contributed by atoms with Gasteiger partial charge in [-0.1, -0.05) is 18.6 Å². The van der Waals surface area contributed by atoms with E-state index in [-0.39, 0.29) is 5.92 Å². The molecule has 3 rings (SSSR count). The molecular formula is C17H21NO4. The van der Waals surface area contributed by atoms with Gasteiger partial charge < -0.3 is 15.1 Å². The van der Waals surface area contributed by atoms with Crippen LogP contribution in [0.5, 0.6) is 0 Å². The van der Waals surface area contributed by atoms with E-state index >= 15 is 0 Å². The van der Waals surface area contributed by atoms with Crippen molar-refractivity contribution in [1.29, 1.82) is 0 Å². The average molecular weight is 303 g/mol. The van der Waals surface area contributed by atoms with Crippen LogP contribution in [0.3, 0.4) is 0 Å². The minimum atomic E-state index is -0.740. The summed E-state index contributed by atoms with van der Waals surface area (Å²) in [5.41, 5.74) is 1.14. The molecule has 1 atom stereocenters. The van der Waals surface area contributed by atoms with Gasteiger partial charge in [-0.3, -0.25) is 9.59 Å². The lowest BCUT2D eigenvalue weighted by Gasteiger charge is -2.38. The minimum absolute atomic E-state index is 0.314. The predicted molar refractivity (Wildman–Crippen MR) is 82.2 cm³/mol. The fraction of sp³-hybridized carbons (Fsp3) is 0.529. The molecule has 5 heteroatoms. The summed E-state index contributed by atoms with van der Waals surface area (Å²) in [6.45, 7) is 1.38. The van der Waals surface area contributed by atoms with Crippen molar-refractivity contribution in [3.8, 4) is 0 Å². The lowest BCUT2D eigenvalue weighted by molar-refractivity contribution is -0.147. The van der Waals surface area contributed by atoms with Gasteiger partial charge in [0.05, 0.1) is 11.3 Å². The summed E-state index contributed by atoms with van der Waals surface area (Å²) >= 11 is 0. The highest BCUT2D eigenvalue weighted by atomic mass is 16.4. The third kappa shape index (κ3) is 2.45. The van der Waals surface area contributed by atoms with Crippen LogP contribution in [0.1, 0.15) is 37.7 Å². The fourth-order valence-corrected chi connectivity index (χ4v) is 3.56. The van der Waals surface area contributed by atoms with Crippen molar-refractivity contribution in [1.82, 2.24) is 0 Å². The van der Waals surface area contributed by atoms with Crippen LogP contribution in [0.15, 0.2) is 24.3 Å². The van der Waals surface area contributed by atoms with Crippen LogP contribution in [0.4, 0.5) is 5.69 Å². The highest BCUT2D eigenvalue weighted by Crippen LogP contribution is 2.44. The van der Waals surface area contributed by atoms with E-state index in [0.717, 1.165) is 37.1 Å². The lowest BCUT2D eigenvalue weighted by atomic mass is 9.64. The van der Waals surface area contributed by atoms with E-state index in [4.69, 9.17) is 5.11 Å². The molecule has 5 nitrogen and oxygen atoms in total. The topological polar surface area (TPSA) is 77.8 Å². The van der Waals surface area contributed by atoms with E-state index < -0.39 is 17.4 Å². The van der Waals surface area contributed by atoms with Crippen molar-refractivity contribution >= 4 is 17.6 Å². The van der Waals surface area contributed by atoms with Crippen LogP contribution in [0, 0.1) is 5.92 Å². The first-order valence-electron chi connectivity index (χ1n) is 7.85. The van der Waals surface area contributed by atoms with Gasteiger partial charge in [0.25, 0.3) is 0 Å². The van der Waals surface area contributed by atoms with Crippen LogP contribution in [-0.4, -0.2) is 35.2 Å². The zero-order valence-electron chi connectivity index (χ0n) is 12.5. The van der Waals surface area contributed by atoms with Crippen LogP contribution in [0.2, 0.25) is 0 Å². The zero-order chi connectivity index (χ0) is 15.7. The number of carbonyl (C=O) groups is 2. The van der Waals surface area contributed by atoms with Crippen molar-refractivity contribution in [3.63, 3.8) is 0 Å². The molecule has 1 aromatic carbocycles. The molecule has 118 valence electrons. The standard InChI is InChI=1S/C17H21NO4/c19-15(20)12-3-1-10-18(11-12)14-6-4-13(5-7-14)17(16(21)22)8-2-9-17/h4-7,12H,1-3,8-11H2,(H,19,20)(H,21,22). The Kier molecular flexibility index (Phi) is 3.81. The van der Waals surface area contributed by atoms with Crippen LogP contribution in [-0.2, 0) is 15.0 Å². The minimum Gasteiger partial charge on any atom is -0.481 e. The molecule has 0 bridgehead atoms. The summed E-state index contributed by atoms with van der Waals surface area (Å²) in [6.07, 6.45) is 3.96. The molecule has 0 radical (unpaired) electrons. The SMILES string of the molecule is O=C(O)C1CCCN(c2ccc(C3(C(=O)O)CCC3)cc2)C1. The van der Waals surface area contributed by atoms with Crippen molar-refractivity contribution in [2.24, 2.45) is 5.92 Å². The quantitative estimate of drug-likeness (QED) is 0.893. The number of carboxylic acids is 2. The highest BCUT2D eigenvalue weighted by molar-refractivity contribution is 5.82. The molecule has 0 spiro atoms. The molecule has 1 aliphatic heterocycles. The number of rotatable bonds is 4. The molecular weight excluding hydrogens is 282 g/mol. The van der Waals surface area contributed by atoms with E-state index in [1.807, 2.05) is 24.3 Å². The highest BCUT2D eigenvalue weighted by Gasteiger charge is 2.45. The summed E-state index contributed by atoms with van der Waals surface area (Å²) < 4.78 is 0. The molecule has 1 aromatic rings. The predicted octanol–water partition coefficient (Wildman–Crippen LogP) is 2.49. The van der Waals surface area contributed by atoms with E-state index in [9.17, 15) is 14.7 Å². The molecule has 22 heavy (non-hydrogen) atoms. The first kappa shape index (κ1) is 14.9. The van der Waals surface area contributed by atoms with Crippen LogP contribution in [0.25, 0.3) is 0 Å².